The monoisotopic (exact) mass is 584 g/mol. The van der Waals surface area contributed by atoms with E-state index in [2.05, 4.69) is 38.5 Å². The molecule has 1 fully saturated rings. The van der Waals surface area contributed by atoms with Gasteiger partial charge in [0.05, 0.1) is 18.3 Å². The molecule has 2 aromatic carbocycles. The summed E-state index contributed by atoms with van der Waals surface area (Å²) in [6.45, 7) is 8.25. The first-order chi connectivity index (χ1) is 20.6. The molecular formula is C32H37FN8O2. The van der Waals surface area contributed by atoms with Crippen LogP contribution >= 0.6 is 0 Å². The van der Waals surface area contributed by atoms with E-state index in [-0.39, 0.29) is 11.9 Å². The van der Waals surface area contributed by atoms with E-state index in [9.17, 15) is 9.18 Å². The molecule has 1 aliphatic heterocycles. The Morgan fingerprint density at radius 1 is 1.12 bits per heavy atom. The summed E-state index contributed by atoms with van der Waals surface area (Å²) in [4.78, 5) is 21.2. The second-order valence-electron chi connectivity index (χ2n) is 12.2. The van der Waals surface area contributed by atoms with Crippen molar-refractivity contribution in [3.05, 3.63) is 84.2 Å². The Balaban J connectivity index is 1.15. The van der Waals surface area contributed by atoms with Gasteiger partial charge in [0.1, 0.15) is 23.3 Å². The fourth-order valence-corrected chi connectivity index (χ4v) is 5.69. The van der Waals surface area contributed by atoms with E-state index < -0.39 is 5.60 Å². The third-order valence-electron chi connectivity index (χ3n) is 7.82. The number of likely N-dealkylation sites (tertiary alicyclic amines) is 1. The van der Waals surface area contributed by atoms with Crippen LogP contribution in [-0.4, -0.2) is 72.1 Å². The standard InChI is InChI=1S/C32H37FN8O2/c1-32(2,3)43-31(42)39-13-11-27(12-14-39)38(4)20-23-10-15-40-29(23)30(34-21-36-40)37-26-8-9-28-24(17-26)18-35-41(28)19-22-6-5-7-25(33)16-22/h5-10,15-18,21,27H,11-14,19-20H2,1-4H3,(H,34,36,37). The summed E-state index contributed by atoms with van der Waals surface area (Å²) in [7, 11) is 2.13. The molecule has 0 saturated carbocycles. The van der Waals surface area contributed by atoms with Gasteiger partial charge >= 0.3 is 6.09 Å². The number of carbonyl (C=O) groups excluding carboxylic acids is 1. The van der Waals surface area contributed by atoms with Crippen molar-refractivity contribution >= 4 is 34.0 Å². The number of aromatic nitrogens is 5. The van der Waals surface area contributed by atoms with Crippen LogP contribution in [0.25, 0.3) is 16.4 Å². The third-order valence-corrected chi connectivity index (χ3v) is 7.82. The highest BCUT2D eigenvalue weighted by Gasteiger charge is 2.29. The Morgan fingerprint density at radius 2 is 1.93 bits per heavy atom. The molecule has 1 N–H and O–H groups in total. The highest BCUT2D eigenvalue weighted by molar-refractivity contribution is 5.85. The summed E-state index contributed by atoms with van der Waals surface area (Å²) in [6, 6.07) is 15.1. The summed E-state index contributed by atoms with van der Waals surface area (Å²) < 4.78 is 22.9. The van der Waals surface area contributed by atoms with Crippen molar-refractivity contribution in [1.82, 2.24) is 34.2 Å². The molecule has 0 unspecified atom stereocenters. The number of hydrogen-bond donors (Lipinski definition) is 1. The highest BCUT2D eigenvalue weighted by atomic mass is 19.1. The fraction of sp³-hybridized carbons (Fsp3) is 0.375. The molecule has 3 aromatic heterocycles. The molecule has 10 nitrogen and oxygen atoms in total. The summed E-state index contributed by atoms with van der Waals surface area (Å²) in [5.74, 6) is 0.464. The van der Waals surface area contributed by atoms with Gasteiger partial charge in [-0.1, -0.05) is 12.1 Å². The molecule has 0 aliphatic carbocycles. The Bertz CT molecular complexity index is 1750. The van der Waals surface area contributed by atoms with Crippen LogP contribution in [0.3, 0.4) is 0 Å². The SMILES string of the molecule is CN(Cc1ccn2ncnc(Nc3ccc4c(cnn4Cc4cccc(F)c4)c3)c12)C1CCN(C(=O)OC(C)(C)C)CC1. The van der Waals surface area contributed by atoms with Crippen LogP contribution in [0.15, 0.2) is 67.3 Å². The predicted octanol–water partition coefficient (Wildman–Crippen LogP) is 5.84. The lowest BCUT2D eigenvalue weighted by atomic mass is 10.0. The summed E-state index contributed by atoms with van der Waals surface area (Å²) in [5, 5.41) is 13.4. The van der Waals surface area contributed by atoms with Crippen molar-refractivity contribution in [2.24, 2.45) is 0 Å². The smallest absolute Gasteiger partial charge is 0.410 e. The number of halogens is 1. The van der Waals surface area contributed by atoms with E-state index >= 15 is 0 Å². The van der Waals surface area contributed by atoms with Gasteiger partial charge in [0, 0.05) is 42.9 Å². The molecule has 0 bridgehead atoms. The zero-order chi connectivity index (χ0) is 30.1. The minimum atomic E-state index is -0.493. The fourth-order valence-electron chi connectivity index (χ4n) is 5.69. The molecule has 43 heavy (non-hydrogen) atoms. The van der Waals surface area contributed by atoms with Gasteiger partial charge in [0.25, 0.3) is 0 Å². The van der Waals surface area contributed by atoms with Crippen molar-refractivity contribution in [2.75, 3.05) is 25.5 Å². The van der Waals surface area contributed by atoms with Gasteiger partial charge in [-0.2, -0.15) is 10.2 Å². The van der Waals surface area contributed by atoms with Crippen LogP contribution in [0.4, 0.5) is 20.7 Å². The first kappa shape index (κ1) is 28.6. The third kappa shape index (κ3) is 6.46. The minimum absolute atomic E-state index is 0.239. The van der Waals surface area contributed by atoms with Crippen LogP contribution in [0.2, 0.25) is 0 Å². The molecule has 1 aliphatic rings. The van der Waals surface area contributed by atoms with Crippen molar-refractivity contribution < 1.29 is 13.9 Å². The van der Waals surface area contributed by atoms with Crippen LogP contribution in [0.5, 0.6) is 0 Å². The Morgan fingerprint density at radius 3 is 2.70 bits per heavy atom. The minimum Gasteiger partial charge on any atom is -0.444 e. The lowest BCUT2D eigenvalue weighted by Gasteiger charge is -2.37. The number of rotatable bonds is 7. The van der Waals surface area contributed by atoms with Crippen molar-refractivity contribution in [2.45, 2.75) is 58.3 Å². The molecule has 4 heterocycles. The molecule has 1 saturated heterocycles. The zero-order valence-corrected chi connectivity index (χ0v) is 25.0. The van der Waals surface area contributed by atoms with E-state index in [0.717, 1.165) is 58.4 Å². The van der Waals surface area contributed by atoms with Crippen molar-refractivity contribution in [1.29, 1.82) is 0 Å². The average Bonchev–Trinajstić information content (AvgIpc) is 3.56. The lowest BCUT2D eigenvalue weighted by molar-refractivity contribution is 0.0153. The van der Waals surface area contributed by atoms with Gasteiger partial charge in [-0.25, -0.2) is 18.7 Å². The number of anilines is 2. The predicted molar refractivity (Wildman–Crippen MR) is 164 cm³/mol. The van der Waals surface area contributed by atoms with Crippen LogP contribution < -0.4 is 5.32 Å². The van der Waals surface area contributed by atoms with Gasteiger partial charge in [-0.05, 0) is 88.2 Å². The first-order valence-electron chi connectivity index (χ1n) is 14.6. The van der Waals surface area contributed by atoms with E-state index in [0.29, 0.717) is 25.7 Å². The highest BCUT2D eigenvalue weighted by Crippen LogP contribution is 2.28. The molecule has 5 aromatic rings. The van der Waals surface area contributed by atoms with Crippen LogP contribution in [-0.2, 0) is 17.8 Å². The number of ether oxygens (including phenoxy) is 1. The quantitative estimate of drug-likeness (QED) is 0.257. The molecular weight excluding hydrogens is 547 g/mol. The number of nitrogens with one attached hydrogen (secondary N) is 1. The van der Waals surface area contributed by atoms with Gasteiger partial charge < -0.3 is 15.0 Å². The lowest BCUT2D eigenvalue weighted by Crippen LogP contribution is -2.46. The molecule has 0 radical (unpaired) electrons. The number of nitrogens with zero attached hydrogens (tertiary/aromatic N) is 7. The number of hydrogen-bond acceptors (Lipinski definition) is 7. The second kappa shape index (κ2) is 11.6. The Labute approximate surface area is 250 Å². The maximum Gasteiger partial charge on any atom is 0.410 e. The van der Waals surface area contributed by atoms with Gasteiger partial charge in [0.15, 0.2) is 5.82 Å². The van der Waals surface area contributed by atoms with E-state index in [4.69, 9.17) is 4.74 Å². The zero-order valence-electron chi connectivity index (χ0n) is 25.0. The molecule has 6 rings (SSSR count). The average molecular weight is 585 g/mol. The van der Waals surface area contributed by atoms with E-state index in [1.165, 1.54) is 12.1 Å². The first-order valence-corrected chi connectivity index (χ1v) is 14.6. The maximum atomic E-state index is 13.7. The normalized spacial score (nSPS) is 14.6. The van der Waals surface area contributed by atoms with Crippen molar-refractivity contribution in [3.8, 4) is 0 Å². The van der Waals surface area contributed by atoms with Gasteiger partial charge in [-0.3, -0.25) is 9.58 Å². The maximum absolute atomic E-state index is 13.7. The number of carbonyl (C=O) groups is 1. The topological polar surface area (TPSA) is 92.8 Å². The van der Waals surface area contributed by atoms with E-state index in [1.54, 1.807) is 17.3 Å². The van der Waals surface area contributed by atoms with Crippen LogP contribution in [0.1, 0.15) is 44.7 Å². The van der Waals surface area contributed by atoms with E-state index in [1.807, 2.05) is 66.6 Å². The Kier molecular flexibility index (Phi) is 7.74. The molecule has 1 amide bonds. The van der Waals surface area contributed by atoms with Gasteiger partial charge in [0.2, 0.25) is 0 Å². The van der Waals surface area contributed by atoms with Crippen LogP contribution in [0, 0.1) is 5.82 Å². The van der Waals surface area contributed by atoms with Gasteiger partial charge in [-0.15, -0.1) is 0 Å². The molecule has 11 heteroatoms. The number of piperidine rings is 1. The Hall–Kier alpha value is -4.51. The molecule has 224 valence electrons. The number of benzene rings is 2. The number of amides is 1. The molecule has 0 spiro atoms. The largest absolute Gasteiger partial charge is 0.444 e. The summed E-state index contributed by atoms with van der Waals surface area (Å²) in [5.41, 5.74) is 4.24. The summed E-state index contributed by atoms with van der Waals surface area (Å²) in [6.07, 6.45) is 6.85. The van der Waals surface area contributed by atoms with Crippen molar-refractivity contribution in [3.63, 3.8) is 0 Å². The number of fused-ring (bicyclic) bond motifs is 2. The second-order valence-corrected chi connectivity index (χ2v) is 12.2. The summed E-state index contributed by atoms with van der Waals surface area (Å²) >= 11 is 0. The molecule has 0 atom stereocenters.